The zero-order chi connectivity index (χ0) is 8.27. The van der Waals surface area contributed by atoms with Gasteiger partial charge in [-0.2, -0.15) is 0 Å². The molecule has 0 unspecified atom stereocenters. The quantitative estimate of drug-likeness (QED) is 0.630. The van der Waals surface area contributed by atoms with E-state index in [1.807, 2.05) is 37.3 Å². The maximum Gasteiger partial charge on any atom is 0.0409 e. The Bertz CT molecular complexity index is 253. The van der Waals surface area contributed by atoms with Crippen molar-refractivity contribution < 1.29 is 0 Å². The summed E-state index contributed by atoms with van der Waals surface area (Å²) in [5.74, 6) is 1.15. The molecule has 0 N–H and O–H groups in total. The van der Waals surface area contributed by atoms with E-state index in [0.29, 0.717) is 0 Å². The van der Waals surface area contributed by atoms with E-state index in [-0.39, 0.29) is 0 Å². The minimum Gasteiger partial charge on any atom is -0.102 e. The van der Waals surface area contributed by atoms with E-state index in [9.17, 15) is 0 Å². The van der Waals surface area contributed by atoms with Gasteiger partial charge in [-0.3, -0.25) is 0 Å². The van der Waals surface area contributed by atoms with Crippen molar-refractivity contribution >= 4 is 11.6 Å². The maximum atomic E-state index is 5.80. The lowest BCUT2D eigenvalue weighted by Gasteiger charge is -2.04. The zero-order valence-electron chi connectivity index (χ0n) is 6.47. The Morgan fingerprint density at radius 2 is 2.27 bits per heavy atom. The summed E-state index contributed by atoms with van der Waals surface area (Å²) >= 11 is 5.80. The molecule has 0 bridgehead atoms. The molecule has 0 aliphatic heterocycles. The summed E-state index contributed by atoms with van der Waals surface area (Å²) in [6.45, 7) is 5.70. The Hall–Kier alpha value is -0.750. The summed E-state index contributed by atoms with van der Waals surface area (Å²) in [4.78, 5) is 0. The van der Waals surface area contributed by atoms with Crippen LogP contribution in [0.4, 0.5) is 0 Å². The van der Waals surface area contributed by atoms with Gasteiger partial charge in [0.05, 0.1) is 0 Å². The van der Waals surface area contributed by atoms with E-state index in [4.69, 9.17) is 11.6 Å². The van der Waals surface area contributed by atoms with E-state index in [1.165, 1.54) is 0 Å². The number of benzene rings is 1. The summed E-state index contributed by atoms with van der Waals surface area (Å²) in [5.41, 5.74) is 1.13. The average molecular weight is 166 g/mol. The van der Waals surface area contributed by atoms with Crippen molar-refractivity contribution in [3.63, 3.8) is 0 Å². The standard InChI is InChI=1S/C10H10Cl/c1-3-8(2)9-5-4-6-10(11)7-9/h3-7H,1H2,2H3. The molecule has 0 aliphatic carbocycles. The molecule has 0 heterocycles. The number of hydrogen-bond acceptors (Lipinski definition) is 0. The van der Waals surface area contributed by atoms with Crippen molar-refractivity contribution in [3.8, 4) is 0 Å². The van der Waals surface area contributed by atoms with Gasteiger partial charge in [0.25, 0.3) is 0 Å². The van der Waals surface area contributed by atoms with Crippen LogP contribution in [0.25, 0.3) is 0 Å². The van der Waals surface area contributed by atoms with Crippen molar-refractivity contribution in [1.29, 1.82) is 0 Å². The molecule has 0 nitrogen and oxygen atoms in total. The van der Waals surface area contributed by atoms with Crippen LogP contribution in [0.5, 0.6) is 0 Å². The van der Waals surface area contributed by atoms with E-state index < -0.39 is 0 Å². The minimum atomic E-state index is 0.767. The Morgan fingerprint density at radius 3 is 2.82 bits per heavy atom. The molecule has 1 heteroatoms. The van der Waals surface area contributed by atoms with E-state index in [0.717, 1.165) is 16.5 Å². The van der Waals surface area contributed by atoms with Gasteiger partial charge in [-0.25, -0.2) is 0 Å². The topological polar surface area (TPSA) is 0 Å². The van der Waals surface area contributed by atoms with Crippen LogP contribution in [0.3, 0.4) is 0 Å². The first-order chi connectivity index (χ1) is 5.24. The van der Waals surface area contributed by atoms with Gasteiger partial charge in [0.1, 0.15) is 0 Å². The summed E-state index contributed by atoms with van der Waals surface area (Å²) in [6.07, 6.45) is 1.83. The largest absolute Gasteiger partial charge is 0.102 e. The SMILES string of the molecule is C=C[C](C)c1cccc(Cl)c1. The second-order valence-electron chi connectivity index (χ2n) is 2.40. The molecule has 11 heavy (non-hydrogen) atoms. The van der Waals surface area contributed by atoms with Crippen LogP contribution in [0.15, 0.2) is 36.9 Å². The minimum absolute atomic E-state index is 0.767. The Balaban J connectivity index is 2.95. The fraction of sp³-hybridized carbons (Fsp3) is 0.100. The zero-order valence-corrected chi connectivity index (χ0v) is 7.23. The molecule has 0 atom stereocenters. The van der Waals surface area contributed by atoms with Gasteiger partial charge in [-0.15, -0.1) is 6.58 Å². The lowest BCUT2D eigenvalue weighted by Crippen LogP contribution is -1.87. The van der Waals surface area contributed by atoms with Crippen molar-refractivity contribution in [2.24, 2.45) is 0 Å². The molecule has 0 spiro atoms. The molecule has 0 saturated carbocycles. The lowest BCUT2D eigenvalue weighted by molar-refractivity contribution is 1.26. The van der Waals surface area contributed by atoms with Gasteiger partial charge in [-0.05, 0) is 17.7 Å². The Morgan fingerprint density at radius 1 is 1.55 bits per heavy atom. The molecular formula is C10H10Cl. The summed E-state index contributed by atoms with van der Waals surface area (Å²) in [7, 11) is 0. The van der Waals surface area contributed by atoms with Gasteiger partial charge < -0.3 is 0 Å². The molecule has 1 rings (SSSR count). The highest BCUT2D eigenvalue weighted by Crippen LogP contribution is 2.18. The van der Waals surface area contributed by atoms with Crippen molar-refractivity contribution in [1.82, 2.24) is 0 Å². The summed E-state index contributed by atoms with van der Waals surface area (Å²) in [6, 6.07) is 7.74. The monoisotopic (exact) mass is 165 g/mol. The average Bonchev–Trinajstić information content (AvgIpc) is 2.03. The molecule has 0 fully saturated rings. The predicted molar refractivity (Wildman–Crippen MR) is 49.7 cm³/mol. The normalized spacial score (nSPS) is 10.1. The van der Waals surface area contributed by atoms with Gasteiger partial charge >= 0.3 is 0 Å². The van der Waals surface area contributed by atoms with Crippen LogP contribution in [0.1, 0.15) is 12.5 Å². The molecule has 0 aliphatic rings. The summed E-state index contributed by atoms with van der Waals surface area (Å²) in [5, 5.41) is 0.767. The molecule has 0 aromatic heterocycles. The Labute approximate surface area is 72.5 Å². The van der Waals surface area contributed by atoms with Crippen LogP contribution in [-0.4, -0.2) is 0 Å². The van der Waals surface area contributed by atoms with Crippen molar-refractivity contribution in [2.75, 3.05) is 0 Å². The van der Waals surface area contributed by atoms with Crippen LogP contribution >= 0.6 is 11.6 Å². The lowest BCUT2D eigenvalue weighted by atomic mass is 10.0. The van der Waals surface area contributed by atoms with E-state index >= 15 is 0 Å². The highest BCUT2D eigenvalue weighted by atomic mass is 35.5. The highest BCUT2D eigenvalue weighted by Gasteiger charge is 2.00. The molecule has 1 aromatic rings. The second kappa shape index (κ2) is 3.59. The molecule has 1 aromatic carbocycles. The van der Waals surface area contributed by atoms with Crippen LogP contribution < -0.4 is 0 Å². The van der Waals surface area contributed by atoms with Crippen LogP contribution in [0, 0.1) is 5.92 Å². The van der Waals surface area contributed by atoms with Gasteiger partial charge in [0, 0.05) is 10.9 Å². The van der Waals surface area contributed by atoms with Crippen molar-refractivity contribution in [3.05, 3.63) is 53.4 Å². The third kappa shape index (κ3) is 2.09. The van der Waals surface area contributed by atoms with Crippen LogP contribution in [0.2, 0.25) is 5.02 Å². The van der Waals surface area contributed by atoms with Gasteiger partial charge in [-0.1, -0.05) is 36.7 Å². The first-order valence-corrected chi connectivity index (χ1v) is 3.84. The van der Waals surface area contributed by atoms with E-state index in [2.05, 4.69) is 6.58 Å². The number of halogens is 1. The predicted octanol–water partition coefficient (Wildman–Crippen LogP) is 3.47. The first-order valence-electron chi connectivity index (χ1n) is 3.46. The summed E-state index contributed by atoms with van der Waals surface area (Å²) < 4.78 is 0. The number of hydrogen-bond donors (Lipinski definition) is 0. The molecule has 0 amide bonds. The third-order valence-corrected chi connectivity index (χ3v) is 1.82. The van der Waals surface area contributed by atoms with Crippen molar-refractivity contribution in [2.45, 2.75) is 6.92 Å². The first kappa shape index (κ1) is 8.35. The fourth-order valence-electron chi connectivity index (χ4n) is 0.852. The Kier molecular flexibility index (Phi) is 2.72. The molecule has 1 radical (unpaired) electrons. The van der Waals surface area contributed by atoms with Gasteiger partial charge in [0.15, 0.2) is 0 Å². The number of rotatable bonds is 2. The maximum absolute atomic E-state index is 5.80. The van der Waals surface area contributed by atoms with Gasteiger partial charge in [0.2, 0.25) is 0 Å². The smallest absolute Gasteiger partial charge is 0.0409 e. The molecule has 0 saturated heterocycles. The molecular weight excluding hydrogens is 156 g/mol. The third-order valence-electron chi connectivity index (χ3n) is 1.59. The number of allylic oxidation sites excluding steroid dienone is 1. The highest BCUT2D eigenvalue weighted by molar-refractivity contribution is 6.30. The van der Waals surface area contributed by atoms with Crippen LogP contribution in [-0.2, 0) is 0 Å². The second-order valence-corrected chi connectivity index (χ2v) is 2.83. The van der Waals surface area contributed by atoms with E-state index in [1.54, 1.807) is 0 Å². The fourth-order valence-corrected chi connectivity index (χ4v) is 1.04. The molecule has 57 valence electrons.